The minimum Gasteiger partial charge on any atom is -0.542 e. The largest absolute Gasteiger partial charge is 0.542 e. The molecular weight excluding hydrogens is 171 g/mol. The van der Waals surface area contributed by atoms with Crippen LogP contribution in [0.1, 0.15) is 12.8 Å². The minimum atomic E-state index is -0.709. The Morgan fingerprint density at radius 3 is 2.62 bits per heavy atom. The molecule has 0 aliphatic carbocycles. The van der Waals surface area contributed by atoms with Gasteiger partial charge in [0, 0.05) is 6.54 Å². The van der Waals surface area contributed by atoms with E-state index in [1.165, 1.54) is 0 Å². The summed E-state index contributed by atoms with van der Waals surface area (Å²) in [6.07, 6.45) is 1.04. The predicted octanol–water partition coefficient (Wildman–Crippen LogP) is -2.01. The Kier molecular flexibility index (Phi) is 5.70. The summed E-state index contributed by atoms with van der Waals surface area (Å²) in [7, 11) is 4.63. The van der Waals surface area contributed by atoms with Crippen molar-refractivity contribution in [3.05, 3.63) is 0 Å². The highest BCUT2D eigenvalue weighted by Crippen LogP contribution is 1.96. The number of guanidine groups is 1. The predicted molar refractivity (Wildman–Crippen MR) is 49.7 cm³/mol. The van der Waals surface area contributed by atoms with Gasteiger partial charge in [0.1, 0.15) is 6.04 Å². The molecule has 0 amide bonds. The molecule has 1 atom stereocenters. The van der Waals surface area contributed by atoms with Crippen molar-refractivity contribution in [1.82, 2.24) is 0 Å². The van der Waals surface area contributed by atoms with Crippen molar-refractivity contribution in [2.45, 2.75) is 18.9 Å². The van der Waals surface area contributed by atoms with Crippen molar-refractivity contribution >= 4 is 20.0 Å². The van der Waals surface area contributed by atoms with Crippen LogP contribution in [0.2, 0.25) is 0 Å². The molecule has 0 aliphatic heterocycles. The fourth-order valence-corrected chi connectivity index (χ4v) is 0.725. The Morgan fingerprint density at radius 2 is 2.15 bits per heavy atom. The van der Waals surface area contributed by atoms with Gasteiger partial charge in [-0.2, -0.15) is 0 Å². The molecule has 0 aliphatic rings. The summed E-state index contributed by atoms with van der Waals surface area (Å²) in [6.45, 7) is 0.438. The molecule has 2 radical (unpaired) electrons. The maximum absolute atomic E-state index is 10.7. The summed E-state index contributed by atoms with van der Waals surface area (Å²) in [5, 5.41) is 0. The molecule has 0 fully saturated rings. The Morgan fingerprint density at radius 1 is 1.54 bits per heavy atom. The summed E-state index contributed by atoms with van der Waals surface area (Å²) in [5.41, 5.74) is 15.5. The molecule has 0 saturated carbocycles. The van der Waals surface area contributed by atoms with Crippen molar-refractivity contribution in [1.29, 1.82) is 0 Å². The van der Waals surface area contributed by atoms with Gasteiger partial charge in [0.2, 0.25) is 0 Å². The number of carbonyl (C=O) groups excluding carboxylic acids is 1. The zero-order valence-electron chi connectivity index (χ0n) is 7.27. The van der Waals surface area contributed by atoms with Gasteiger partial charge < -0.3 is 21.9 Å². The second kappa shape index (κ2) is 6.30. The average Bonchev–Trinajstić information content (AvgIpc) is 2.10. The Hall–Kier alpha value is -1.24. The number of nitrogens with two attached hydrogens (primary N) is 3. The Bertz CT molecular complexity index is 193. The van der Waals surface area contributed by atoms with Crippen LogP contribution in [0.4, 0.5) is 0 Å². The van der Waals surface area contributed by atoms with Crippen molar-refractivity contribution < 1.29 is 9.45 Å². The summed E-state index contributed by atoms with van der Waals surface area (Å²) in [6, 6.07) is -0.709. The van der Waals surface area contributed by atoms with Crippen molar-refractivity contribution in [2.75, 3.05) is 6.54 Å². The summed E-state index contributed by atoms with van der Waals surface area (Å²) >= 11 is 0. The molecule has 0 aromatic rings. The lowest BCUT2D eigenvalue weighted by molar-refractivity contribution is -0.135. The van der Waals surface area contributed by atoms with Gasteiger partial charge >= 0.3 is 14.0 Å². The van der Waals surface area contributed by atoms with Gasteiger partial charge in [-0.3, -0.25) is 9.79 Å². The second-order valence-electron chi connectivity index (χ2n) is 2.49. The number of carbonyl (C=O) groups is 1. The Balaban J connectivity index is 3.53. The molecule has 0 aromatic heterocycles. The number of rotatable bonds is 5. The fraction of sp³-hybridized carbons (Fsp3) is 0.667. The van der Waals surface area contributed by atoms with E-state index < -0.39 is 12.0 Å². The quantitative estimate of drug-likeness (QED) is 0.197. The first-order chi connectivity index (χ1) is 6.07. The third-order valence-electron chi connectivity index (χ3n) is 1.39. The molecule has 72 valence electrons. The molecule has 0 unspecified atom stereocenters. The molecule has 0 heterocycles. The highest BCUT2D eigenvalue weighted by Gasteiger charge is 2.11. The van der Waals surface area contributed by atoms with Crippen LogP contribution in [0.3, 0.4) is 0 Å². The number of hydrogen-bond donors (Lipinski definition) is 3. The van der Waals surface area contributed by atoms with E-state index in [-0.39, 0.29) is 5.96 Å². The number of aliphatic imine (C=N–C) groups is 1. The van der Waals surface area contributed by atoms with E-state index >= 15 is 0 Å². The van der Waals surface area contributed by atoms with Crippen molar-refractivity contribution in [3.63, 3.8) is 0 Å². The van der Waals surface area contributed by atoms with E-state index in [1.54, 1.807) is 0 Å². The lowest BCUT2D eigenvalue weighted by Crippen LogP contribution is -2.32. The van der Waals surface area contributed by atoms with E-state index in [4.69, 9.17) is 17.2 Å². The molecule has 0 bridgehead atoms. The van der Waals surface area contributed by atoms with Gasteiger partial charge in [0.05, 0.1) is 0 Å². The normalized spacial score (nSPS) is 11.8. The lowest BCUT2D eigenvalue weighted by Gasteiger charge is -2.07. The molecular formula is C6H13BN4O2. The van der Waals surface area contributed by atoms with Crippen LogP contribution in [0, 0.1) is 0 Å². The maximum atomic E-state index is 10.7. The van der Waals surface area contributed by atoms with Gasteiger partial charge in [-0.05, 0) is 12.8 Å². The van der Waals surface area contributed by atoms with E-state index in [9.17, 15) is 4.79 Å². The second-order valence-corrected chi connectivity index (χ2v) is 2.49. The number of hydrogen-bond acceptors (Lipinski definition) is 4. The highest BCUT2D eigenvalue weighted by atomic mass is 16.5. The minimum absolute atomic E-state index is 0.0231. The lowest BCUT2D eigenvalue weighted by atomic mass is 10.2. The maximum Gasteiger partial charge on any atom is 0.378 e. The summed E-state index contributed by atoms with van der Waals surface area (Å²) < 4.78 is 3.94. The van der Waals surface area contributed by atoms with Crippen LogP contribution in [0.25, 0.3) is 0 Å². The zero-order chi connectivity index (χ0) is 10.3. The summed E-state index contributed by atoms with van der Waals surface area (Å²) in [4.78, 5) is 14.4. The first-order valence-electron chi connectivity index (χ1n) is 3.79. The van der Waals surface area contributed by atoms with Gasteiger partial charge in [-0.25, -0.2) is 0 Å². The summed E-state index contributed by atoms with van der Waals surface area (Å²) in [5.74, 6) is -0.611. The molecule has 7 heteroatoms. The standard InChI is InChI=1S/C6H13BN4O2/c7-13-5(12)4(8)2-1-3-11-6(9)10/h4H,1-3,8H2,(H4,9,10,11)/t4-/m0/s1. The smallest absolute Gasteiger partial charge is 0.378 e. The fourth-order valence-electron chi connectivity index (χ4n) is 0.725. The monoisotopic (exact) mass is 184 g/mol. The number of nitrogens with zero attached hydrogens (tertiary/aromatic N) is 1. The van der Waals surface area contributed by atoms with Crippen LogP contribution >= 0.6 is 0 Å². The van der Waals surface area contributed by atoms with Crippen LogP contribution in [0.15, 0.2) is 4.99 Å². The van der Waals surface area contributed by atoms with Gasteiger partial charge in [0.15, 0.2) is 5.96 Å². The molecule has 0 saturated heterocycles. The molecule has 13 heavy (non-hydrogen) atoms. The van der Waals surface area contributed by atoms with Crippen molar-refractivity contribution in [2.24, 2.45) is 22.2 Å². The van der Waals surface area contributed by atoms with E-state index in [0.29, 0.717) is 19.4 Å². The van der Waals surface area contributed by atoms with Crippen LogP contribution in [-0.2, 0) is 9.45 Å². The topological polar surface area (TPSA) is 117 Å². The average molecular weight is 184 g/mol. The van der Waals surface area contributed by atoms with Gasteiger partial charge in [0.25, 0.3) is 0 Å². The van der Waals surface area contributed by atoms with E-state index in [2.05, 4.69) is 17.7 Å². The third-order valence-corrected chi connectivity index (χ3v) is 1.39. The molecule has 0 spiro atoms. The molecule has 0 aromatic carbocycles. The van der Waals surface area contributed by atoms with Gasteiger partial charge in [-0.15, -0.1) is 0 Å². The van der Waals surface area contributed by atoms with Gasteiger partial charge in [-0.1, -0.05) is 0 Å². The van der Waals surface area contributed by atoms with Crippen LogP contribution in [0.5, 0.6) is 0 Å². The SMILES string of the molecule is [B]OC(=O)[C@@H](N)CCCN=C(N)N. The zero-order valence-corrected chi connectivity index (χ0v) is 7.27. The molecule has 6 nitrogen and oxygen atoms in total. The molecule has 6 N–H and O–H groups in total. The molecule has 0 rings (SSSR count). The Labute approximate surface area is 77.9 Å². The third kappa shape index (κ3) is 5.97. The van der Waals surface area contributed by atoms with E-state index in [1.807, 2.05) is 0 Å². The van der Waals surface area contributed by atoms with Crippen molar-refractivity contribution in [3.8, 4) is 0 Å². The van der Waals surface area contributed by atoms with Crippen LogP contribution in [-0.4, -0.2) is 32.6 Å². The first kappa shape index (κ1) is 11.8. The van der Waals surface area contributed by atoms with E-state index in [0.717, 1.165) is 0 Å². The highest BCUT2D eigenvalue weighted by molar-refractivity contribution is 6.06. The first-order valence-corrected chi connectivity index (χ1v) is 3.79. The van der Waals surface area contributed by atoms with Crippen LogP contribution < -0.4 is 17.2 Å².